The Labute approximate surface area is 134 Å². The van der Waals surface area contributed by atoms with Crippen LogP contribution in [0, 0.1) is 13.8 Å². The third-order valence-electron chi connectivity index (χ3n) is 4.04. The number of aromatic nitrogens is 3. The molecule has 0 aliphatic heterocycles. The predicted molar refractivity (Wildman–Crippen MR) is 88.2 cm³/mol. The van der Waals surface area contributed by atoms with Crippen LogP contribution in [0.25, 0.3) is 16.9 Å². The summed E-state index contributed by atoms with van der Waals surface area (Å²) in [5, 5.41) is 4.67. The number of aryl methyl sites for hydroxylation is 2. The smallest absolute Gasteiger partial charge is 0.305 e. The summed E-state index contributed by atoms with van der Waals surface area (Å²) in [6, 6.07) is 12.0. The van der Waals surface area contributed by atoms with Gasteiger partial charge in [-0.25, -0.2) is 9.50 Å². The van der Waals surface area contributed by atoms with Crippen LogP contribution in [-0.4, -0.2) is 27.7 Å². The van der Waals surface area contributed by atoms with Crippen LogP contribution in [-0.2, 0) is 16.0 Å². The lowest BCUT2D eigenvalue weighted by Crippen LogP contribution is -2.08. The van der Waals surface area contributed by atoms with Gasteiger partial charge in [0, 0.05) is 29.4 Å². The number of carbonyl (C=O) groups is 1. The SMILES string of the molecule is COC(=O)CCc1c(C)nc2cc(-c3ccccc3)nn2c1C. The Balaban J connectivity index is 2.03. The van der Waals surface area contributed by atoms with Gasteiger partial charge in [0.1, 0.15) is 0 Å². The van der Waals surface area contributed by atoms with Gasteiger partial charge in [-0.2, -0.15) is 5.10 Å². The molecule has 23 heavy (non-hydrogen) atoms. The molecular weight excluding hydrogens is 290 g/mol. The van der Waals surface area contributed by atoms with Gasteiger partial charge in [0.25, 0.3) is 0 Å². The Morgan fingerprint density at radius 1 is 1.22 bits per heavy atom. The number of hydrogen-bond acceptors (Lipinski definition) is 4. The molecule has 0 saturated carbocycles. The Morgan fingerprint density at radius 3 is 2.65 bits per heavy atom. The lowest BCUT2D eigenvalue weighted by atomic mass is 10.1. The van der Waals surface area contributed by atoms with Gasteiger partial charge in [-0.05, 0) is 25.8 Å². The maximum absolute atomic E-state index is 11.4. The number of fused-ring (bicyclic) bond motifs is 1. The third-order valence-corrected chi connectivity index (χ3v) is 4.04. The van der Waals surface area contributed by atoms with Crippen LogP contribution in [0.2, 0.25) is 0 Å². The number of benzene rings is 1. The molecule has 5 nitrogen and oxygen atoms in total. The minimum atomic E-state index is -0.214. The van der Waals surface area contributed by atoms with Crippen LogP contribution < -0.4 is 0 Å². The molecule has 0 radical (unpaired) electrons. The topological polar surface area (TPSA) is 56.5 Å². The predicted octanol–water partition coefficient (Wildman–Crippen LogP) is 3.12. The number of esters is 1. The molecular formula is C18H19N3O2. The number of rotatable bonds is 4. The first kappa shape index (κ1) is 15.2. The first-order chi connectivity index (χ1) is 11.1. The normalized spacial score (nSPS) is 10.9. The van der Waals surface area contributed by atoms with Crippen molar-refractivity contribution >= 4 is 11.6 Å². The molecule has 0 amide bonds. The summed E-state index contributed by atoms with van der Waals surface area (Å²) in [6.07, 6.45) is 0.950. The quantitative estimate of drug-likeness (QED) is 0.695. The van der Waals surface area contributed by atoms with Gasteiger partial charge in [-0.3, -0.25) is 4.79 Å². The minimum absolute atomic E-state index is 0.214. The van der Waals surface area contributed by atoms with Crippen LogP contribution in [0.15, 0.2) is 36.4 Å². The molecule has 0 bridgehead atoms. The van der Waals surface area contributed by atoms with Gasteiger partial charge in [-0.1, -0.05) is 30.3 Å². The average molecular weight is 309 g/mol. The van der Waals surface area contributed by atoms with Crippen LogP contribution >= 0.6 is 0 Å². The van der Waals surface area contributed by atoms with Crippen molar-refractivity contribution in [2.75, 3.05) is 7.11 Å². The molecule has 0 N–H and O–H groups in total. The van der Waals surface area contributed by atoms with Gasteiger partial charge < -0.3 is 4.74 Å². The van der Waals surface area contributed by atoms with Crippen molar-refractivity contribution in [1.29, 1.82) is 0 Å². The van der Waals surface area contributed by atoms with Crippen molar-refractivity contribution in [2.24, 2.45) is 0 Å². The average Bonchev–Trinajstić information content (AvgIpc) is 2.99. The Bertz CT molecular complexity index is 854. The van der Waals surface area contributed by atoms with Crippen molar-refractivity contribution in [3.63, 3.8) is 0 Å². The van der Waals surface area contributed by atoms with E-state index in [0.29, 0.717) is 12.8 Å². The van der Waals surface area contributed by atoms with E-state index in [0.717, 1.165) is 33.9 Å². The lowest BCUT2D eigenvalue weighted by Gasteiger charge is -2.10. The zero-order chi connectivity index (χ0) is 16.4. The van der Waals surface area contributed by atoms with Crippen LogP contribution in [0.4, 0.5) is 0 Å². The highest BCUT2D eigenvalue weighted by molar-refractivity contribution is 5.69. The van der Waals surface area contributed by atoms with Crippen LogP contribution in [0.1, 0.15) is 23.4 Å². The summed E-state index contributed by atoms with van der Waals surface area (Å²) < 4.78 is 6.57. The molecule has 2 heterocycles. The van der Waals surface area contributed by atoms with E-state index in [4.69, 9.17) is 4.74 Å². The number of hydrogen-bond donors (Lipinski definition) is 0. The van der Waals surface area contributed by atoms with Crippen LogP contribution in [0.5, 0.6) is 0 Å². The molecule has 0 unspecified atom stereocenters. The molecule has 3 aromatic rings. The minimum Gasteiger partial charge on any atom is -0.469 e. The van der Waals surface area contributed by atoms with E-state index in [1.165, 1.54) is 7.11 Å². The molecule has 2 aromatic heterocycles. The van der Waals surface area contributed by atoms with Gasteiger partial charge in [0.05, 0.1) is 12.8 Å². The monoisotopic (exact) mass is 309 g/mol. The summed E-state index contributed by atoms with van der Waals surface area (Å²) in [4.78, 5) is 16.0. The summed E-state index contributed by atoms with van der Waals surface area (Å²) in [7, 11) is 1.41. The van der Waals surface area contributed by atoms with E-state index >= 15 is 0 Å². The van der Waals surface area contributed by atoms with Crippen molar-refractivity contribution < 1.29 is 9.53 Å². The fraction of sp³-hybridized carbons (Fsp3) is 0.278. The molecule has 0 fully saturated rings. The van der Waals surface area contributed by atoms with Gasteiger partial charge >= 0.3 is 5.97 Å². The summed E-state index contributed by atoms with van der Waals surface area (Å²) in [5.41, 5.74) is 5.76. The molecule has 0 atom stereocenters. The first-order valence-electron chi connectivity index (χ1n) is 7.58. The number of nitrogens with zero attached hydrogens (tertiary/aromatic N) is 3. The van der Waals surface area contributed by atoms with Crippen molar-refractivity contribution in [2.45, 2.75) is 26.7 Å². The largest absolute Gasteiger partial charge is 0.469 e. The first-order valence-corrected chi connectivity index (χ1v) is 7.58. The Hall–Kier alpha value is -2.69. The van der Waals surface area contributed by atoms with E-state index in [2.05, 4.69) is 10.1 Å². The highest BCUT2D eigenvalue weighted by Gasteiger charge is 2.14. The van der Waals surface area contributed by atoms with Gasteiger partial charge in [0.15, 0.2) is 5.65 Å². The standard InChI is InChI=1S/C18H19N3O2/c1-12-15(9-10-18(22)23-3)13(2)21-17(19-12)11-16(20-21)14-7-5-4-6-8-14/h4-8,11H,9-10H2,1-3H3. The zero-order valence-electron chi connectivity index (χ0n) is 13.5. The second-order valence-corrected chi connectivity index (χ2v) is 5.50. The third kappa shape index (κ3) is 2.95. The van der Waals surface area contributed by atoms with Crippen LogP contribution in [0.3, 0.4) is 0 Å². The van der Waals surface area contributed by atoms with Crippen molar-refractivity contribution in [1.82, 2.24) is 14.6 Å². The Morgan fingerprint density at radius 2 is 1.96 bits per heavy atom. The van der Waals surface area contributed by atoms with E-state index in [9.17, 15) is 4.79 Å². The van der Waals surface area contributed by atoms with E-state index in [1.54, 1.807) is 0 Å². The van der Waals surface area contributed by atoms with E-state index in [-0.39, 0.29) is 5.97 Å². The lowest BCUT2D eigenvalue weighted by molar-refractivity contribution is -0.140. The zero-order valence-corrected chi connectivity index (χ0v) is 13.5. The molecule has 1 aromatic carbocycles. The molecule has 0 aliphatic rings. The fourth-order valence-electron chi connectivity index (χ4n) is 2.77. The van der Waals surface area contributed by atoms with Crippen molar-refractivity contribution in [3.8, 4) is 11.3 Å². The summed E-state index contributed by atoms with van der Waals surface area (Å²) >= 11 is 0. The second-order valence-electron chi connectivity index (χ2n) is 5.50. The number of ether oxygens (including phenoxy) is 1. The summed E-state index contributed by atoms with van der Waals surface area (Å²) in [5.74, 6) is -0.214. The highest BCUT2D eigenvalue weighted by Crippen LogP contribution is 2.22. The Kier molecular flexibility index (Phi) is 4.10. The van der Waals surface area contributed by atoms with E-state index < -0.39 is 0 Å². The van der Waals surface area contributed by atoms with E-state index in [1.807, 2.05) is 54.8 Å². The fourth-order valence-corrected chi connectivity index (χ4v) is 2.77. The highest BCUT2D eigenvalue weighted by atomic mass is 16.5. The molecule has 0 saturated heterocycles. The maximum atomic E-state index is 11.4. The van der Waals surface area contributed by atoms with Crippen molar-refractivity contribution in [3.05, 3.63) is 53.3 Å². The maximum Gasteiger partial charge on any atom is 0.305 e. The molecule has 3 rings (SSSR count). The molecule has 0 aliphatic carbocycles. The summed E-state index contributed by atoms with van der Waals surface area (Å²) in [6.45, 7) is 3.98. The molecule has 5 heteroatoms. The number of carbonyl (C=O) groups excluding carboxylic acids is 1. The van der Waals surface area contributed by atoms with Gasteiger partial charge in [0.2, 0.25) is 0 Å². The second kappa shape index (κ2) is 6.20. The van der Waals surface area contributed by atoms with Gasteiger partial charge in [-0.15, -0.1) is 0 Å². The molecule has 0 spiro atoms. The molecule has 118 valence electrons. The number of methoxy groups -OCH3 is 1.